The zero-order valence-corrected chi connectivity index (χ0v) is 34.1. The van der Waals surface area contributed by atoms with Crippen molar-refractivity contribution in [3.8, 4) is 17.0 Å². The van der Waals surface area contributed by atoms with Crippen LogP contribution in [0.3, 0.4) is 0 Å². The predicted molar refractivity (Wildman–Crippen MR) is 234 cm³/mol. The van der Waals surface area contributed by atoms with Crippen molar-refractivity contribution in [2.45, 2.75) is 45.4 Å². The molecular formula is C50H45ClF2N2O5. The number of aryl methyl sites for hydroxylation is 2. The third-order valence-electron chi connectivity index (χ3n) is 11.1. The summed E-state index contributed by atoms with van der Waals surface area (Å²) >= 11 is 6.58. The molecule has 0 fully saturated rings. The lowest BCUT2D eigenvalue weighted by Gasteiger charge is -2.18. The van der Waals surface area contributed by atoms with Crippen LogP contribution in [0.1, 0.15) is 70.8 Å². The normalized spacial score (nSPS) is 13.2. The van der Waals surface area contributed by atoms with Gasteiger partial charge in [-0.15, -0.1) is 0 Å². The Hall–Kier alpha value is -5.87. The van der Waals surface area contributed by atoms with Crippen LogP contribution in [0.5, 0.6) is 5.75 Å². The number of nitrogens with one attached hydrogen (secondary N) is 2. The first kappa shape index (κ1) is 40.9. The van der Waals surface area contributed by atoms with Crippen molar-refractivity contribution in [2.75, 3.05) is 33.0 Å². The van der Waals surface area contributed by atoms with Gasteiger partial charge in [-0.2, -0.15) is 0 Å². The summed E-state index contributed by atoms with van der Waals surface area (Å²) < 4.78 is 45.5. The number of carbonyl (C=O) groups excluding carboxylic acids is 2. The lowest BCUT2D eigenvalue weighted by molar-refractivity contribution is -0.124. The van der Waals surface area contributed by atoms with Crippen molar-refractivity contribution in [1.29, 1.82) is 0 Å². The molecule has 0 aliphatic heterocycles. The van der Waals surface area contributed by atoms with Crippen LogP contribution in [-0.4, -0.2) is 54.6 Å². The summed E-state index contributed by atoms with van der Waals surface area (Å²) in [6.07, 6.45) is 5.42. The van der Waals surface area contributed by atoms with Crippen molar-refractivity contribution < 1.29 is 32.6 Å². The lowest BCUT2D eigenvalue weighted by Crippen LogP contribution is -2.14. The molecule has 2 aromatic heterocycles. The number of hydrogen-bond acceptors (Lipinski definition) is 5. The molecule has 1 aliphatic rings. The first-order valence-electron chi connectivity index (χ1n) is 20.4. The van der Waals surface area contributed by atoms with Crippen molar-refractivity contribution in [2.24, 2.45) is 0 Å². The Kier molecular flexibility index (Phi) is 12.7. The van der Waals surface area contributed by atoms with E-state index in [9.17, 15) is 18.4 Å². The second-order valence-corrected chi connectivity index (χ2v) is 15.4. The zero-order valence-electron chi connectivity index (χ0n) is 33.3. The average Bonchev–Trinajstić information content (AvgIpc) is 3.83. The van der Waals surface area contributed by atoms with Crippen molar-refractivity contribution >= 4 is 56.1 Å². The Balaban J connectivity index is 0.782. The lowest BCUT2D eigenvalue weighted by atomic mass is 9.87. The van der Waals surface area contributed by atoms with E-state index in [1.165, 1.54) is 24.3 Å². The molecular weight excluding hydrogens is 782 g/mol. The van der Waals surface area contributed by atoms with Gasteiger partial charge in [0, 0.05) is 46.7 Å². The molecule has 8 rings (SSSR count). The van der Waals surface area contributed by atoms with Crippen LogP contribution < -0.4 is 4.74 Å². The molecule has 2 N–H and O–H groups in total. The molecule has 1 aliphatic carbocycles. The van der Waals surface area contributed by atoms with Gasteiger partial charge in [0.15, 0.2) is 11.6 Å². The smallest absolute Gasteiger partial charge is 0.163 e. The number of aromatic amines is 2. The zero-order chi connectivity index (χ0) is 41.6. The van der Waals surface area contributed by atoms with Gasteiger partial charge < -0.3 is 24.2 Å². The minimum atomic E-state index is -0.419. The van der Waals surface area contributed by atoms with Gasteiger partial charge in [0.2, 0.25) is 0 Å². The highest BCUT2D eigenvalue weighted by Crippen LogP contribution is 2.39. The molecule has 2 heterocycles. The molecule has 306 valence electrons. The molecule has 0 amide bonds. The summed E-state index contributed by atoms with van der Waals surface area (Å²) in [4.78, 5) is 31.8. The Labute approximate surface area is 352 Å². The van der Waals surface area contributed by atoms with Gasteiger partial charge >= 0.3 is 0 Å². The molecule has 0 unspecified atom stereocenters. The number of H-pyrrole nitrogens is 2. The Bertz CT molecular complexity index is 2700. The molecule has 7 aromatic rings. The summed E-state index contributed by atoms with van der Waals surface area (Å²) in [7, 11) is 0. The third-order valence-corrected chi connectivity index (χ3v) is 11.4. The van der Waals surface area contributed by atoms with Crippen LogP contribution in [0.4, 0.5) is 8.78 Å². The van der Waals surface area contributed by atoms with Crippen LogP contribution >= 0.6 is 11.6 Å². The largest absolute Gasteiger partial charge is 0.491 e. The molecule has 0 saturated heterocycles. The van der Waals surface area contributed by atoms with E-state index in [4.69, 9.17) is 25.8 Å². The maximum atomic E-state index is 14.3. The standard InChI is InChI=1S/C50H45ClF2N2O5/c1-2-40(41-18-14-36(52)28-44(41)51)48(35-13-19-45-34(26-35)20-21-54-45)32-11-16-39(17-12-32)60-25-24-58-22-23-59-30-38(56)15-8-31-6-9-33(10-7-31)50-42-4-3-5-47(57)43-27-37(53)29-46(55-50)49(42)43/h6-7,9-14,16-21,26-29,54-55H,2-5,8,15,22-25,30H2,1H3/b48-40+. The number of allylic oxidation sites excluding steroid dienone is 1. The van der Waals surface area contributed by atoms with E-state index < -0.39 is 5.82 Å². The summed E-state index contributed by atoms with van der Waals surface area (Å²) in [5.74, 6) is -0.107. The number of carbonyl (C=O) groups is 2. The van der Waals surface area contributed by atoms with Crippen LogP contribution in [0, 0.1) is 11.6 Å². The quantitative estimate of drug-likeness (QED) is 0.0704. The monoisotopic (exact) mass is 826 g/mol. The molecule has 0 spiro atoms. The van der Waals surface area contributed by atoms with Crippen molar-refractivity contribution in [1.82, 2.24) is 9.97 Å². The molecule has 60 heavy (non-hydrogen) atoms. The van der Waals surface area contributed by atoms with Gasteiger partial charge in [0.1, 0.15) is 30.6 Å². The maximum Gasteiger partial charge on any atom is 0.163 e. The van der Waals surface area contributed by atoms with Crippen molar-refractivity contribution in [3.05, 3.63) is 159 Å². The topological polar surface area (TPSA) is 93.4 Å². The Morgan fingerprint density at radius 1 is 0.783 bits per heavy atom. The summed E-state index contributed by atoms with van der Waals surface area (Å²) in [5.41, 5.74) is 10.9. The number of ether oxygens (including phenoxy) is 3. The maximum absolute atomic E-state index is 14.3. The van der Waals surface area contributed by atoms with E-state index in [0.717, 1.165) is 79.4 Å². The molecule has 7 nitrogen and oxygen atoms in total. The Morgan fingerprint density at radius 3 is 2.37 bits per heavy atom. The number of Topliss-reactive ketones (excluding diaryl/α,β-unsaturated/α-hetero) is 2. The minimum absolute atomic E-state index is 0.0104. The first-order chi connectivity index (χ1) is 29.2. The first-order valence-corrected chi connectivity index (χ1v) is 20.8. The number of rotatable bonds is 17. The highest BCUT2D eigenvalue weighted by atomic mass is 35.5. The minimum Gasteiger partial charge on any atom is -0.491 e. The predicted octanol–water partition coefficient (Wildman–Crippen LogP) is 11.7. The molecule has 10 heteroatoms. The second kappa shape index (κ2) is 18.6. The van der Waals surface area contributed by atoms with E-state index in [0.29, 0.717) is 74.0 Å². The van der Waals surface area contributed by atoms with Gasteiger partial charge in [0.25, 0.3) is 0 Å². The SMILES string of the molecule is CC/C(=C(/c1ccc(OCCOCCOCC(=O)CCc2ccc(-c3[nH]c4cc(F)cc5c4c3CCCC5=O)cc2)cc1)c1ccc2[nH]ccc2c1)c1ccc(F)cc1Cl. The van der Waals surface area contributed by atoms with Gasteiger partial charge in [-0.05, 0) is 130 Å². The number of benzene rings is 5. The van der Waals surface area contributed by atoms with E-state index in [2.05, 4.69) is 35.1 Å². The second-order valence-electron chi connectivity index (χ2n) is 15.0. The van der Waals surface area contributed by atoms with Crippen LogP contribution in [0.15, 0.2) is 109 Å². The fourth-order valence-electron chi connectivity index (χ4n) is 8.14. The number of hydrogen-bond donors (Lipinski definition) is 2. The van der Waals surface area contributed by atoms with Crippen LogP contribution in [-0.2, 0) is 27.1 Å². The average molecular weight is 827 g/mol. The van der Waals surface area contributed by atoms with Gasteiger partial charge in [0.05, 0.1) is 24.8 Å². The van der Waals surface area contributed by atoms with Gasteiger partial charge in [-0.3, -0.25) is 9.59 Å². The van der Waals surface area contributed by atoms with Gasteiger partial charge in [-0.25, -0.2) is 8.78 Å². The summed E-state index contributed by atoms with van der Waals surface area (Å²) in [6, 6.07) is 31.6. The molecule has 0 atom stereocenters. The van der Waals surface area contributed by atoms with E-state index in [1.807, 2.05) is 60.8 Å². The van der Waals surface area contributed by atoms with Crippen molar-refractivity contribution in [3.63, 3.8) is 0 Å². The summed E-state index contributed by atoms with van der Waals surface area (Å²) in [5, 5.41) is 2.28. The molecule has 0 bridgehead atoms. The van der Waals surface area contributed by atoms with Crippen LogP contribution in [0.25, 0.3) is 44.2 Å². The highest BCUT2D eigenvalue weighted by Gasteiger charge is 2.24. The van der Waals surface area contributed by atoms with E-state index in [1.54, 1.807) is 6.07 Å². The molecule has 0 saturated carbocycles. The number of aromatic nitrogens is 2. The van der Waals surface area contributed by atoms with E-state index in [-0.39, 0.29) is 24.0 Å². The molecule has 5 aromatic carbocycles. The fourth-order valence-corrected chi connectivity index (χ4v) is 8.42. The fraction of sp³-hybridized carbons (Fsp3) is 0.240. The third kappa shape index (κ3) is 9.14. The number of halogens is 3. The van der Waals surface area contributed by atoms with Gasteiger partial charge in [-0.1, -0.05) is 67.1 Å². The number of fused-ring (bicyclic) bond motifs is 1. The highest BCUT2D eigenvalue weighted by molar-refractivity contribution is 6.32. The number of ketones is 2. The van der Waals surface area contributed by atoms with Crippen LogP contribution in [0.2, 0.25) is 5.02 Å². The molecule has 0 radical (unpaired) electrons. The summed E-state index contributed by atoms with van der Waals surface area (Å²) in [6.45, 7) is 3.42. The Morgan fingerprint density at radius 2 is 1.57 bits per heavy atom. The van der Waals surface area contributed by atoms with E-state index >= 15 is 0 Å².